The van der Waals surface area contributed by atoms with Gasteiger partial charge in [-0.15, -0.1) is 0 Å². The summed E-state index contributed by atoms with van der Waals surface area (Å²) in [5.41, 5.74) is 1.66. The highest BCUT2D eigenvalue weighted by Gasteiger charge is 2.39. The number of rotatable bonds is 2. The molecule has 0 saturated heterocycles. The van der Waals surface area contributed by atoms with Gasteiger partial charge in [0.05, 0.1) is 5.54 Å². The van der Waals surface area contributed by atoms with Crippen molar-refractivity contribution in [3.63, 3.8) is 0 Å². The van der Waals surface area contributed by atoms with Crippen molar-refractivity contribution in [2.75, 3.05) is 0 Å². The first kappa shape index (κ1) is 9.94. The number of carbonyl (C=O) groups excluding carboxylic acids is 1. The van der Waals surface area contributed by atoms with Gasteiger partial charge in [0.25, 0.3) is 0 Å². The molecule has 0 aliphatic heterocycles. The van der Waals surface area contributed by atoms with Gasteiger partial charge in [-0.25, -0.2) is 4.79 Å². The molecule has 0 aromatic heterocycles. The van der Waals surface area contributed by atoms with Gasteiger partial charge in [-0.05, 0) is 49.4 Å². The zero-order valence-electron chi connectivity index (χ0n) is 8.66. The van der Waals surface area contributed by atoms with E-state index in [2.05, 4.69) is 4.99 Å². The predicted molar refractivity (Wildman–Crippen MR) is 56.5 cm³/mol. The summed E-state index contributed by atoms with van der Waals surface area (Å²) in [6, 6.07) is 5.20. The smallest absolute Gasteiger partial charge is 0.235 e. The molecule has 0 radical (unpaired) electrons. The maximum absolute atomic E-state index is 10.4. The molecule has 0 bridgehead atoms. The first-order valence-corrected chi connectivity index (χ1v) is 5.07. The Morgan fingerprint density at radius 2 is 2.20 bits per heavy atom. The Morgan fingerprint density at radius 3 is 2.67 bits per heavy atom. The van der Waals surface area contributed by atoms with Crippen molar-refractivity contribution in [2.24, 2.45) is 4.99 Å². The van der Waals surface area contributed by atoms with Crippen LogP contribution in [0, 0.1) is 6.92 Å². The molecule has 1 fully saturated rings. The molecule has 1 N–H and O–H groups in total. The molecule has 3 nitrogen and oxygen atoms in total. The molecule has 1 aliphatic carbocycles. The Bertz CT molecular complexity index is 429. The molecule has 1 aromatic carbocycles. The monoisotopic (exact) mass is 203 g/mol. The van der Waals surface area contributed by atoms with Gasteiger partial charge < -0.3 is 5.11 Å². The molecule has 0 spiro atoms. The Morgan fingerprint density at radius 1 is 1.47 bits per heavy atom. The predicted octanol–water partition coefficient (Wildman–Crippen LogP) is 2.42. The van der Waals surface area contributed by atoms with Gasteiger partial charge in [-0.1, -0.05) is 6.07 Å². The summed E-state index contributed by atoms with van der Waals surface area (Å²) in [4.78, 5) is 14.4. The van der Waals surface area contributed by atoms with Crippen LogP contribution in [-0.2, 0) is 10.3 Å². The van der Waals surface area contributed by atoms with Gasteiger partial charge in [0, 0.05) is 0 Å². The van der Waals surface area contributed by atoms with Gasteiger partial charge in [0.2, 0.25) is 6.08 Å². The minimum absolute atomic E-state index is 0.251. The third kappa shape index (κ3) is 1.55. The first-order chi connectivity index (χ1) is 7.18. The van der Waals surface area contributed by atoms with Crippen LogP contribution in [0.15, 0.2) is 23.2 Å². The number of aliphatic imine (C=N–C) groups is 1. The second-order valence-corrected chi connectivity index (χ2v) is 4.09. The Hall–Kier alpha value is -1.60. The number of phenols is 1. The fraction of sp³-hybridized carbons (Fsp3) is 0.417. The summed E-state index contributed by atoms with van der Waals surface area (Å²) < 4.78 is 0. The summed E-state index contributed by atoms with van der Waals surface area (Å²) in [6.07, 6.45) is 4.55. The van der Waals surface area contributed by atoms with Crippen LogP contribution in [-0.4, -0.2) is 11.2 Å². The highest BCUT2D eigenvalue weighted by atomic mass is 16.3. The normalized spacial score (nSPS) is 17.7. The van der Waals surface area contributed by atoms with Crippen LogP contribution < -0.4 is 0 Å². The third-order valence-corrected chi connectivity index (χ3v) is 3.15. The second-order valence-electron chi connectivity index (χ2n) is 4.09. The number of aryl methyl sites for hydroxylation is 1. The number of isocyanates is 1. The molecule has 0 amide bonds. The van der Waals surface area contributed by atoms with E-state index in [1.165, 1.54) is 0 Å². The maximum atomic E-state index is 10.4. The van der Waals surface area contributed by atoms with Crippen molar-refractivity contribution in [3.8, 4) is 5.75 Å². The van der Waals surface area contributed by atoms with Crippen LogP contribution >= 0.6 is 0 Å². The van der Waals surface area contributed by atoms with Crippen molar-refractivity contribution in [1.82, 2.24) is 0 Å². The molecule has 0 heterocycles. The lowest BCUT2D eigenvalue weighted by molar-refractivity contribution is 0.254. The SMILES string of the molecule is Cc1cc(O)ccc1C1(N=C=O)CCC1. The summed E-state index contributed by atoms with van der Waals surface area (Å²) in [7, 11) is 0. The molecule has 1 aliphatic rings. The van der Waals surface area contributed by atoms with E-state index in [1.807, 2.05) is 13.0 Å². The molecule has 0 unspecified atom stereocenters. The fourth-order valence-corrected chi connectivity index (χ4v) is 2.21. The molecule has 0 atom stereocenters. The van der Waals surface area contributed by atoms with Crippen LogP contribution in [0.4, 0.5) is 0 Å². The highest BCUT2D eigenvalue weighted by Crippen LogP contribution is 2.46. The van der Waals surface area contributed by atoms with E-state index >= 15 is 0 Å². The van der Waals surface area contributed by atoms with Crippen LogP contribution in [0.25, 0.3) is 0 Å². The summed E-state index contributed by atoms with van der Waals surface area (Å²) in [6.45, 7) is 1.93. The molecule has 1 saturated carbocycles. The molecule has 2 rings (SSSR count). The summed E-state index contributed by atoms with van der Waals surface area (Å²) in [5, 5.41) is 9.32. The van der Waals surface area contributed by atoms with Crippen molar-refractivity contribution < 1.29 is 9.90 Å². The number of phenolic OH excluding ortho intramolecular Hbond substituents is 1. The second kappa shape index (κ2) is 3.52. The quantitative estimate of drug-likeness (QED) is 0.592. The zero-order valence-corrected chi connectivity index (χ0v) is 8.66. The molecule has 3 heteroatoms. The lowest BCUT2D eigenvalue weighted by Crippen LogP contribution is -2.32. The van der Waals surface area contributed by atoms with E-state index in [0.717, 1.165) is 30.4 Å². The van der Waals surface area contributed by atoms with Gasteiger partial charge in [0.1, 0.15) is 5.75 Å². The molecular formula is C12H13NO2. The van der Waals surface area contributed by atoms with E-state index in [-0.39, 0.29) is 11.3 Å². The third-order valence-electron chi connectivity index (χ3n) is 3.15. The van der Waals surface area contributed by atoms with Gasteiger partial charge in [-0.3, -0.25) is 0 Å². The van der Waals surface area contributed by atoms with Gasteiger partial charge in [0.15, 0.2) is 0 Å². The largest absolute Gasteiger partial charge is 0.508 e. The van der Waals surface area contributed by atoms with Crippen LogP contribution in [0.2, 0.25) is 0 Å². The average molecular weight is 203 g/mol. The number of hydrogen-bond acceptors (Lipinski definition) is 3. The van der Waals surface area contributed by atoms with Crippen LogP contribution in [0.1, 0.15) is 30.4 Å². The van der Waals surface area contributed by atoms with E-state index in [1.54, 1.807) is 18.2 Å². The van der Waals surface area contributed by atoms with E-state index in [9.17, 15) is 9.90 Å². The fourth-order valence-electron chi connectivity index (χ4n) is 2.21. The Balaban J connectivity index is 2.47. The van der Waals surface area contributed by atoms with Crippen LogP contribution in [0.5, 0.6) is 5.75 Å². The standard InChI is InChI=1S/C12H13NO2/c1-9-7-10(15)3-4-11(9)12(13-8-14)5-2-6-12/h3-4,7,15H,2,5-6H2,1H3. The van der Waals surface area contributed by atoms with E-state index in [0.29, 0.717) is 0 Å². The number of hydrogen-bond donors (Lipinski definition) is 1. The van der Waals surface area contributed by atoms with E-state index in [4.69, 9.17) is 0 Å². The number of benzene rings is 1. The first-order valence-electron chi connectivity index (χ1n) is 5.07. The van der Waals surface area contributed by atoms with Gasteiger partial charge in [-0.2, -0.15) is 4.99 Å². The van der Waals surface area contributed by atoms with Crippen molar-refractivity contribution in [3.05, 3.63) is 29.3 Å². The summed E-state index contributed by atoms with van der Waals surface area (Å²) in [5.74, 6) is 0.251. The topological polar surface area (TPSA) is 49.7 Å². The molecule has 15 heavy (non-hydrogen) atoms. The van der Waals surface area contributed by atoms with Crippen LogP contribution in [0.3, 0.4) is 0 Å². The molecule has 78 valence electrons. The van der Waals surface area contributed by atoms with Crippen molar-refractivity contribution in [2.45, 2.75) is 31.7 Å². The lowest BCUT2D eigenvalue weighted by atomic mass is 9.71. The minimum atomic E-state index is -0.362. The lowest BCUT2D eigenvalue weighted by Gasteiger charge is -2.38. The molecule has 1 aromatic rings. The highest BCUT2D eigenvalue weighted by molar-refractivity contribution is 5.44. The van der Waals surface area contributed by atoms with E-state index < -0.39 is 0 Å². The number of aromatic hydroxyl groups is 1. The summed E-state index contributed by atoms with van der Waals surface area (Å²) >= 11 is 0. The maximum Gasteiger partial charge on any atom is 0.235 e. The van der Waals surface area contributed by atoms with Crippen molar-refractivity contribution in [1.29, 1.82) is 0 Å². The molecular weight excluding hydrogens is 190 g/mol. The Kier molecular flexibility index (Phi) is 2.33. The zero-order chi connectivity index (χ0) is 10.9. The number of nitrogens with zero attached hydrogens (tertiary/aromatic N) is 1. The Labute approximate surface area is 88.5 Å². The van der Waals surface area contributed by atoms with Gasteiger partial charge >= 0.3 is 0 Å². The minimum Gasteiger partial charge on any atom is -0.508 e. The average Bonchev–Trinajstić information content (AvgIpc) is 2.12. The van der Waals surface area contributed by atoms with Crippen molar-refractivity contribution >= 4 is 6.08 Å².